The fourth-order valence-corrected chi connectivity index (χ4v) is 1.39. The number of rotatable bonds is 0. The van der Waals surface area contributed by atoms with E-state index < -0.39 is 0 Å². The quantitative estimate of drug-likeness (QED) is 0.523. The summed E-state index contributed by atoms with van der Waals surface area (Å²) in [4.78, 5) is 19.9. The van der Waals surface area contributed by atoms with Crippen LogP contribution in [0.5, 0.6) is 0 Å². The Kier molecular flexibility index (Phi) is 1.25. The molecular formula is C9H5N3O2. The van der Waals surface area contributed by atoms with E-state index in [0.717, 1.165) is 0 Å². The molecular weight excluding hydrogens is 182 g/mol. The van der Waals surface area contributed by atoms with Gasteiger partial charge in [-0.1, -0.05) is 0 Å². The molecule has 0 aromatic carbocycles. The van der Waals surface area contributed by atoms with Crippen LogP contribution < -0.4 is 5.56 Å². The van der Waals surface area contributed by atoms with E-state index in [1.165, 1.54) is 23.3 Å². The van der Waals surface area contributed by atoms with E-state index in [2.05, 4.69) is 9.97 Å². The summed E-state index contributed by atoms with van der Waals surface area (Å²) < 4.78 is 6.31. The highest BCUT2D eigenvalue weighted by molar-refractivity contribution is 5.77. The first-order valence-corrected chi connectivity index (χ1v) is 4.04. The van der Waals surface area contributed by atoms with Gasteiger partial charge in [-0.25, -0.2) is 9.97 Å². The van der Waals surface area contributed by atoms with Gasteiger partial charge < -0.3 is 4.42 Å². The summed E-state index contributed by atoms with van der Waals surface area (Å²) in [6, 6.07) is 1.67. The van der Waals surface area contributed by atoms with Crippen LogP contribution in [0.15, 0.2) is 40.3 Å². The zero-order valence-corrected chi connectivity index (χ0v) is 7.04. The van der Waals surface area contributed by atoms with Crippen molar-refractivity contribution in [3.63, 3.8) is 0 Å². The number of fused-ring (bicyclic) bond motifs is 2. The van der Waals surface area contributed by atoms with Gasteiger partial charge in [-0.15, -0.1) is 0 Å². The van der Waals surface area contributed by atoms with E-state index in [-0.39, 0.29) is 5.56 Å². The maximum Gasteiger partial charge on any atom is 0.270 e. The lowest BCUT2D eigenvalue weighted by Crippen LogP contribution is -2.14. The Bertz CT molecular complexity index is 668. The van der Waals surface area contributed by atoms with Crippen molar-refractivity contribution < 1.29 is 4.42 Å². The highest BCUT2D eigenvalue weighted by atomic mass is 16.3. The van der Waals surface area contributed by atoms with Crippen LogP contribution in [0.4, 0.5) is 0 Å². The first-order valence-electron chi connectivity index (χ1n) is 4.04. The zero-order chi connectivity index (χ0) is 9.54. The molecule has 14 heavy (non-hydrogen) atoms. The zero-order valence-electron chi connectivity index (χ0n) is 7.04. The molecule has 3 rings (SSSR count). The average molecular weight is 187 g/mol. The van der Waals surface area contributed by atoms with Crippen LogP contribution in [0.2, 0.25) is 0 Å². The molecule has 0 aliphatic heterocycles. The molecule has 0 unspecified atom stereocenters. The maximum absolute atomic E-state index is 11.8. The molecule has 0 N–H and O–H groups in total. The van der Waals surface area contributed by atoms with Crippen molar-refractivity contribution in [3.8, 4) is 0 Å². The van der Waals surface area contributed by atoms with Crippen LogP contribution in [0, 0.1) is 0 Å². The minimum absolute atomic E-state index is 0.160. The fraction of sp³-hybridized carbons (Fsp3) is 0. The van der Waals surface area contributed by atoms with Crippen molar-refractivity contribution in [3.05, 3.63) is 41.5 Å². The third-order valence-electron chi connectivity index (χ3n) is 2.06. The van der Waals surface area contributed by atoms with Gasteiger partial charge in [0.1, 0.15) is 35.4 Å². The van der Waals surface area contributed by atoms with Crippen LogP contribution >= 0.6 is 0 Å². The van der Waals surface area contributed by atoms with Crippen molar-refractivity contribution in [2.75, 3.05) is 0 Å². The highest BCUT2D eigenvalue weighted by Gasteiger charge is 2.05. The Hall–Kier alpha value is -2.17. The second-order valence-electron chi connectivity index (χ2n) is 2.90. The van der Waals surface area contributed by atoms with Crippen molar-refractivity contribution >= 4 is 16.6 Å². The van der Waals surface area contributed by atoms with Crippen LogP contribution in [0.3, 0.4) is 0 Å². The summed E-state index contributed by atoms with van der Waals surface area (Å²) in [6.45, 7) is 0. The summed E-state index contributed by atoms with van der Waals surface area (Å²) in [5.74, 6) is 0. The summed E-state index contributed by atoms with van der Waals surface area (Å²) >= 11 is 0. The summed E-state index contributed by atoms with van der Waals surface area (Å²) in [6.07, 6.45) is 5.88. The maximum atomic E-state index is 11.8. The van der Waals surface area contributed by atoms with E-state index >= 15 is 0 Å². The lowest BCUT2D eigenvalue weighted by atomic mass is 10.4. The van der Waals surface area contributed by atoms with Gasteiger partial charge in [-0.3, -0.25) is 9.20 Å². The first-order chi connectivity index (χ1) is 6.86. The van der Waals surface area contributed by atoms with Crippen LogP contribution in [-0.2, 0) is 0 Å². The number of hydrogen-bond donors (Lipinski definition) is 0. The third kappa shape index (κ3) is 0.806. The van der Waals surface area contributed by atoms with Gasteiger partial charge in [0.05, 0.1) is 0 Å². The second kappa shape index (κ2) is 2.41. The van der Waals surface area contributed by atoms with Crippen molar-refractivity contribution in [1.82, 2.24) is 14.4 Å². The average Bonchev–Trinajstić information content (AvgIpc) is 2.66. The second-order valence-corrected chi connectivity index (χ2v) is 2.90. The highest BCUT2D eigenvalue weighted by Crippen LogP contribution is 2.08. The first kappa shape index (κ1) is 7.25. The number of furan rings is 1. The molecule has 0 atom stereocenters. The van der Waals surface area contributed by atoms with Gasteiger partial charge in [-0.05, 0) is 6.07 Å². The molecule has 0 radical (unpaired) electrons. The molecule has 3 heterocycles. The third-order valence-corrected chi connectivity index (χ3v) is 2.06. The van der Waals surface area contributed by atoms with E-state index in [0.29, 0.717) is 16.6 Å². The van der Waals surface area contributed by atoms with Gasteiger partial charge in [0.2, 0.25) is 0 Å². The standard InChI is InChI=1S/C9H5N3O2/c13-9-6-3-14-4-7(6)11-8-1-2-10-5-12(8)9/h1-5H. The summed E-state index contributed by atoms with van der Waals surface area (Å²) in [7, 11) is 0. The predicted molar refractivity (Wildman–Crippen MR) is 49.0 cm³/mol. The molecule has 0 fully saturated rings. The molecule has 0 aliphatic carbocycles. The molecule has 68 valence electrons. The van der Waals surface area contributed by atoms with Gasteiger partial charge in [0, 0.05) is 6.20 Å². The number of nitrogens with zero attached hydrogens (tertiary/aromatic N) is 3. The largest absolute Gasteiger partial charge is 0.469 e. The van der Waals surface area contributed by atoms with Gasteiger partial charge in [0.25, 0.3) is 5.56 Å². The lowest BCUT2D eigenvalue weighted by Gasteiger charge is -1.96. The molecule has 5 nitrogen and oxygen atoms in total. The minimum atomic E-state index is -0.160. The van der Waals surface area contributed by atoms with Crippen molar-refractivity contribution in [2.45, 2.75) is 0 Å². The molecule has 5 heteroatoms. The van der Waals surface area contributed by atoms with Crippen LogP contribution in [0.1, 0.15) is 0 Å². The van der Waals surface area contributed by atoms with Gasteiger partial charge in [0.15, 0.2) is 0 Å². The lowest BCUT2D eigenvalue weighted by molar-refractivity contribution is 0.571. The van der Waals surface area contributed by atoms with E-state index in [4.69, 9.17) is 4.42 Å². The molecule has 0 saturated heterocycles. The minimum Gasteiger partial charge on any atom is -0.469 e. The monoisotopic (exact) mass is 187 g/mol. The Balaban J connectivity index is 2.70. The molecule has 0 saturated carbocycles. The fourth-order valence-electron chi connectivity index (χ4n) is 1.39. The molecule has 0 aliphatic rings. The SMILES string of the molecule is O=c1c2cocc2nc2ccncn12. The molecule has 0 spiro atoms. The van der Waals surface area contributed by atoms with Gasteiger partial charge >= 0.3 is 0 Å². The predicted octanol–water partition coefficient (Wildman–Crippen LogP) is 0.836. The van der Waals surface area contributed by atoms with E-state index in [1.54, 1.807) is 12.3 Å². The summed E-state index contributed by atoms with van der Waals surface area (Å²) in [5.41, 5.74) is 0.979. The van der Waals surface area contributed by atoms with Crippen LogP contribution in [-0.4, -0.2) is 14.4 Å². The topological polar surface area (TPSA) is 60.4 Å². The Labute approximate surface area is 77.6 Å². The molecule has 3 aromatic rings. The molecule has 0 amide bonds. The van der Waals surface area contributed by atoms with E-state index in [1.807, 2.05) is 0 Å². The summed E-state index contributed by atoms with van der Waals surface area (Å²) in [5, 5.41) is 0.468. The number of hydrogen-bond acceptors (Lipinski definition) is 4. The Morgan fingerprint density at radius 3 is 3.21 bits per heavy atom. The molecule has 3 aromatic heterocycles. The molecule has 0 bridgehead atoms. The smallest absolute Gasteiger partial charge is 0.270 e. The Morgan fingerprint density at radius 1 is 1.36 bits per heavy atom. The van der Waals surface area contributed by atoms with Crippen molar-refractivity contribution in [2.24, 2.45) is 0 Å². The van der Waals surface area contributed by atoms with Gasteiger partial charge in [-0.2, -0.15) is 0 Å². The van der Waals surface area contributed by atoms with E-state index in [9.17, 15) is 4.79 Å². The Morgan fingerprint density at radius 2 is 2.29 bits per heavy atom. The number of aromatic nitrogens is 3. The van der Waals surface area contributed by atoms with Crippen molar-refractivity contribution in [1.29, 1.82) is 0 Å². The van der Waals surface area contributed by atoms with Crippen LogP contribution in [0.25, 0.3) is 16.6 Å². The normalized spacial score (nSPS) is 11.1.